The molecular formula is C16H14F2N2O. The lowest BCUT2D eigenvalue weighted by Gasteiger charge is -2.09. The van der Waals surface area contributed by atoms with E-state index >= 15 is 0 Å². The summed E-state index contributed by atoms with van der Waals surface area (Å²) in [5.41, 5.74) is 1.29. The van der Waals surface area contributed by atoms with E-state index < -0.39 is 11.6 Å². The number of rotatable bonds is 5. The molecule has 5 heteroatoms. The second kappa shape index (κ2) is 6.82. The average molecular weight is 288 g/mol. The van der Waals surface area contributed by atoms with E-state index in [1.807, 2.05) is 19.1 Å². The molecule has 3 nitrogen and oxygen atoms in total. The zero-order valence-electron chi connectivity index (χ0n) is 11.5. The van der Waals surface area contributed by atoms with Crippen LogP contribution in [0.4, 0.5) is 8.78 Å². The van der Waals surface area contributed by atoms with E-state index in [0.717, 1.165) is 24.2 Å². The number of hydrogen-bond donors (Lipinski definition) is 1. The molecule has 0 atom stereocenters. The van der Waals surface area contributed by atoms with Crippen LogP contribution in [-0.2, 0) is 6.54 Å². The quantitative estimate of drug-likeness (QED) is 0.911. The molecule has 0 saturated carbocycles. The fraction of sp³-hybridized carbons (Fsp3) is 0.188. The summed E-state index contributed by atoms with van der Waals surface area (Å²) in [5.74, 6) is -1.48. The van der Waals surface area contributed by atoms with Gasteiger partial charge in [-0.1, -0.05) is 13.0 Å². The van der Waals surface area contributed by atoms with Crippen molar-refractivity contribution in [1.82, 2.24) is 5.32 Å². The normalized spacial score (nSPS) is 10.2. The van der Waals surface area contributed by atoms with Gasteiger partial charge in [0.2, 0.25) is 0 Å². The van der Waals surface area contributed by atoms with Crippen molar-refractivity contribution >= 4 is 0 Å². The molecule has 0 amide bonds. The molecule has 1 N–H and O–H groups in total. The Morgan fingerprint density at radius 3 is 2.62 bits per heavy atom. The summed E-state index contributed by atoms with van der Waals surface area (Å²) < 4.78 is 31.5. The van der Waals surface area contributed by atoms with E-state index in [1.165, 1.54) is 6.07 Å². The summed E-state index contributed by atoms with van der Waals surface area (Å²) in [6.07, 6.45) is 0. The number of nitrogens with one attached hydrogen (secondary N) is 1. The SMILES string of the molecule is CCNCc1ccc(Oc2ccc(F)c(F)c2)c(C#N)c1. The molecule has 2 rings (SSSR count). The first-order chi connectivity index (χ1) is 10.1. The summed E-state index contributed by atoms with van der Waals surface area (Å²) in [7, 11) is 0. The van der Waals surface area contributed by atoms with E-state index in [1.54, 1.807) is 12.1 Å². The Morgan fingerprint density at radius 2 is 1.95 bits per heavy atom. The molecule has 0 aromatic heterocycles. The number of halogens is 2. The van der Waals surface area contributed by atoms with Crippen molar-refractivity contribution in [3.63, 3.8) is 0 Å². The fourth-order valence-corrected chi connectivity index (χ4v) is 1.80. The van der Waals surface area contributed by atoms with Gasteiger partial charge < -0.3 is 10.1 Å². The smallest absolute Gasteiger partial charge is 0.162 e. The number of hydrogen-bond acceptors (Lipinski definition) is 3. The van der Waals surface area contributed by atoms with Crippen molar-refractivity contribution in [3.8, 4) is 17.6 Å². The highest BCUT2D eigenvalue weighted by atomic mass is 19.2. The maximum atomic E-state index is 13.1. The minimum absolute atomic E-state index is 0.143. The van der Waals surface area contributed by atoms with Crippen LogP contribution in [0.3, 0.4) is 0 Å². The third kappa shape index (κ3) is 3.77. The summed E-state index contributed by atoms with van der Waals surface area (Å²) in [6, 6.07) is 10.4. The van der Waals surface area contributed by atoms with Gasteiger partial charge in [-0.25, -0.2) is 8.78 Å². The van der Waals surface area contributed by atoms with Crippen LogP contribution >= 0.6 is 0 Å². The van der Waals surface area contributed by atoms with Crippen molar-refractivity contribution in [2.45, 2.75) is 13.5 Å². The van der Waals surface area contributed by atoms with Gasteiger partial charge in [-0.15, -0.1) is 0 Å². The Hall–Kier alpha value is -2.45. The standard InChI is InChI=1S/C16H14F2N2O/c1-2-20-10-11-3-6-16(12(7-11)9-19)21-13-4-5-14(17)15(18)8-13/h3-8,20H,2,10H2,1H3. The average Bonchev–Trinajstić information content (AvgIpc) is 2.50. The Bertz CT molecular complexity index is 680. The van der Waals surface area contributed by atoms with Crippen molar-refractivity contribution < 1.29 is 13.5 Å². The fourth-order valence-electron chi connectivity index (χ4n) is 1.80. The zero-order chi connectivity index (χ0) is 15.2. The molecule has 0 radical (unpaired) electrons. The molecule has 0 aliphatic carbocycles. The van der Waals surface area contributed by atoms with Crippen LogP contribution in [0.15, 0.2) is 36.4 Å². The van der Waals surface area contributed by atoms with Gasteiger partial charge in [0.05, 0.1) is 5.56 Å². The predicted octanol–water partition coefficient (Wildman–Crippen LogP) is 3.74. The van der Waals surface area contributed by atoms with Crippen LogP contribution in [0.2, 0.25) is 0 Å². The topological polar surface area (TPSA) is 45.0 Å². The van der Waals surface area contributed by atoms with Crippen LogP contribution in [0.1, 0.15) is 18.1 Å². The minimum atomic E-state index is -0.991. The lowest BCUT2D eigenvalue weighted by molar-refractivity contribution is 0.460. The van der Waals surface area contributed by atoms with Crippen molar-refractivity contribution in [2.75, 3.05) is 6.54 Å². The van der Waals surface area contributed by atoms with E-state index in [9.17, 15) is 8.78 Å². The molecular weight excluding hydrogens is 274 g/mol. The minimum Gasteiger partial charge on any atom is -0.456 e. The van der Waals surface area contributed by atoms with Crippen LogP contribution in [-0.4, -0.2) is 6.54 Å². The van der Waals surface area contributed by atoms with Gasteiger partial charge in [-0.3, -0.25) is 0 Å². The predicted molar refractivity (Wildman–Crippen MR) is 75.0 cm³/mol. The second-order valence-electron chi connectivity index (χ2n) is 4.40. The van der Waals surface area contributed by atoms with Crippen molar-refractivity contribution in [3.05, 3.63) is 59.2 Å². The van der Waals surface area contributed by atoms with Gasteiger partial charge >= 0.3 is 0 Å². The van der Waals surface area contributed by atoms with Crippen molar-refractivity contribution in [1.29, 1.82) is 5.26 Å². The number of nitrogens with zero attached hydrogens (tertiary/aromatic N) is 1. The molecule has 0 heterocycles. The third-order valence-corrected chi connectivity index (χ3v) is 2.86. The van der Waals surface area contributed by atoms with E-state index in [2.05, 4.69) is 5.32 Å². The molecule has 0 aliphatic rings. The van der Waals surface area contributed by atoms with E-state index in [0.29, 0.717) is 17.9 Å². The maximum absolute atomic E-state index is 13.1. The first-order valence-electron chi connectivity index (χ1n) is 6.50. The van der Waals surface area contributed by atoms with Crippen LogP contribution in [0.25, 0.3) is 0 Å². The Morgan fingerprint density at radius 1 is 1.14 bits per heavy atom. The van der Waals surface area contributed by atoms with Crippen LogP contribution in [0.5, 0.6) is 11.5 Å². The molecule has 0 unspecified atom stereocenters. The van der Waals surface area contributed by atoms with Gasteiger partial charge in [0.1, 0.15) is 17.6 Å². The highest BCUT2D eigenvalue weighted by molar-refractivity contribution is 5.47. The Balaban J connectivity index is 2.23. The lowest BCUT2D eigenvalue weighted by atomic mass is 10.1. The van der Waals surface area contributed by atoms with Gasteiger partial charge in [0, 0.05) is 12.6 Å². The summed E-state index contributed by atoms with van der Waals surface area (Å²) in [4.78, 5) is 0. The van der Waals surface area contributed by atoms with Gasteiger partial charge in [0.25, 0.3) is 0 Å². The van der Waals surface area contributed by atoms with Crippen LogP contribution < -0.4 is 10.1 Å². The molecule has 2 aromatic carbocycles. The Labute approximate surface area is 121 Å². The maximum Gasteiger partial charge on any atom is 0.162 e. The van der Waals surface area contributed by atoms with Gasteiger partial charge in [-0.2, -0.15) is 5.26 Å². The number of ether oxygens (including phenoxy) is 1. The van der Waals surface area contributed by atoms with Gasteiger partial charge in [0.15, 0.2) is 11.6 Å². The molecule has 2 aromatic rings. The summed E-state index contributed by atoms with van der Waals surface area (Å²) in [5, 5.41) is 12.3. The highest BCUT2D eigenvalue weighted by Crippen LogP contribution is 2.27. The Kier molecular flexibility index (Phi) is 4.85. The highest BCUT2D eigenvalue weighted by Gasteiger charge is 2.08. The van der Waals surface area contributed by atoms with Crippen LogP contribution in [0, 0.1) is 23.0 Å². The summed E-state index contributed by atoms with van der Waals surface area (Å²) >= 11 is 0. The van der Waals surface area contributed by atoms with E-state index in [-0.39, 0.29) is 5.75 Å². The molecule has 108 valence electrons. The summed E-state index contributed by atoms with van der Waals surface area (Å²) in [6.45, 7) is 3.47. The largest absolute Gasteiger partial charge is 0.456 e. The number of nitriles is 1. The van der Waals surface area contributed by atoms with Gasteiger partial charge in [-0.05, 0) is 36.4 Å². The molecule has 0 fully saturated rings. The van der Waals surface area contributed by atoms with Crippen molar-refractivity contribution in [2.24, 2.45) is 0 Å². The number of benzene rings is 2. The lowest BCUT2D eigenvalue weighted by Crippen LogP contribution is -2.11. The molecule has 0 bridgehead atoms. The molecule has 0 saturated heterocycles. The molecule has 0 spiro atoms. The second-order valence-corrected chi connectivity index (χ2v) is 4.40. The monoisotopic (exact) mass is 288 g/mol. The molecule has 0 aliphatic heterocycles. The van der Waals surface area contributed by atoms with E-state index in [4.69, 9.17) is 10.00 Å². The molecule has 21 heavy (non-hydrogen) atoms. The zero-order valence-corrected chi connectivity index (χ0v) is 11.5. The first kappa shape index (κ1) is 14.9. The first-order valence-corrected chi connectivity index (χ1v) is 6.50. The third-order valence-electron chi connectivity index (χ3n) is 2.86.